The highest BCUT2D eigenvalue weighted by atomic mass is 35.5. The number of carboxylic acids is 1. The largest absolute Gasteiger partial charge is 0.478 e. The average Bonchev–Trinajstić information content (AvgIpc) is 3.27. The van der Waals surface area contributed by atoms with E-state index in [1.54, 1.807) is 42.8 Å². The third-order valence-electron chi connectivity index (χ3n) is 4.28. The zero-order valence-electron chi connectivity index (χ0n) is 14.9. The summed E-state index contributed by atoms with van der Waals surface area (Å²) in [6.45, 7) is 1.72. The molecule has 29 heavy (non-hydrogen) atoms. The fourth-order valence-electron chi connectivity index (χ4n) is 2.96. The topological polar surface area (TPSA) is 83.7 Å². The van der Waals surface area contributed by atoms with Gasteiger partial charge in [0.25, 0.3) is 5.91 Å². The summed E-state index contributed by atoms with van der Waals surface area (Å²) >= 11 is 6.98. The Kier molecular flexibility index (Phi) is 4.81. The summed E-state index contributed by atoms with van der Waals surface area (Å²) in [5, 5.41) is 18.7. The van der Waals surface area contributed by atoms with E-state index in [9.17, 15) is 19.1 Å². The number of halogens is 2. The van der Waals surface area contributed by atoms with Gasteiger partial charge in [-0.3, -0.25) is 4.79 Å². The van der Waals surface area contributed by atoms with E-state index in [0.29, 0.717) is 21.7 Å². The van der Waals surface area contributed by atoms with Gasteiger partial charge in [0, 0.05) is 22.2 Å². The molecule has 6 nitrogen and oxygen atoms in total. The Morgan fingerprint density at radius 1 is 1.24 bits per heavy atom. The molecule has 0 unspecified atom stereocenters. The van der Waals surface area contributed by atoms with Crippen LogP contribution in [0.1, 0.15) is 26.4 Å². The number of nitrogens with zero attached hydrogens (tertiary/aromatic N) is 2. The Morgan fingerprint density at radius 3 is 2.66 bits per heavy atom. The fourth-order valence-corrected chi connectivity index (χ4v) is 4.04. The number of carbonyl (C=O) groups excluding carboxylic acids is 1. The molecule has 9 heteroatoms. The number of nitrogens with one attached hydrogen (secondary N) is 1. The summed E-state index contributed by atoms with van der Waals surface area (Å²) < 4.78 is 15.3. The molecule has 1 aromatic carbocycles. The minimum Gasteiger partial charge on any atom is -0.478 e. The van der Waals surface area contributed by atoms with Gasteiger partial charge < -0.3 is 10.4 Å². The molecule has 0 bridgehead atoms. The lowest BCUT2D eigenvalue weighted by molar-refractivity contribution is 0.0699. The number of benzene rings is 1. The van der Waals surface area contributed by atoms with Gasteiger partial charge in [-0.25, -0.2) is 13.7 Å². The number of aryl methyl sites for hydroxylation is 1. The van der Waals surface area contributed by atoms with Gasteiger partial charge in [-0.15, -0.1) is 11.3 Å². The number of hydrogen-bond donors (Lipinski definition) is 2. The maximum atomic E-state index is 14.1. The molecule has 0 atom stereocenters. The van der Waals surface area contributed by atoms with E-state index in [2.05, 4.69) is 10.4 Å². The van der Waals surface area contributed by atoms with Crippen molar-refractivity contribution in [3.05, 3.63) is 75.6 Å². The molecule has 3 aromatic heterocycles. The zero-order chi connectivity index (χ0) is 20.7. The summed E-state index contributed by atoms with van der Waals surface area (Å²) in [5.41, 5.74) is 1.89. The van der Waals surface area contributed by atoms with Crippen LogP contribution < -0.4 is 5.32 Å². The van der Waals surface area contributed by atoms with E-state index < -0.39 is 17.7 Å². The van der Waals surface area contributed by atoms with Gasteiger partial charge in [0.1, 0.15) is 21.9 Å². The Morgan fingerprint density at radius 2 is 1.97 bits per heavy atom. The van der Waals surface area contributed by atoms with Crippen molar-refractivity contribution in [2.24, 2.45) is 0 Å². The monoisotopic (exact) mass is 429 g/mol. The molecule has 0 saturated heterocycles. The van der Waals surface area contributed by atoms with E-state index >= 15 is 0 Å². The third-order valence-corrected chi connectivity index (χ3v) is 5.43. The Hall–Kier alpha value is -3.23. The van der Waals surface area contributed by atoms with Gasteiger partial charge in [0.05, 0.1) is 0 Å². The first-order chi connectivity index (χ1) is 13.8. The number of anilines is 1. The number of thiophene rings is 1. The maximum absolute atomic E-state index is 14.1. The number of pyridine rings is 1. The molecule has 0 radical (unpaired) electrons. The van der Waals surface area contributed by atoms with Crippen LogP contribution in [0.25, 0.3) is 16.6 Å². The molecule has 0 fully saturated rings. The van der Waals surface area contributed by atoms with E-state index in [0.717, 1.165) is 11.3 Å². The first-order valence-electron chi connectivity index (χ1n) is 8.41. The molecule has 4 rings (SSSR count). The van der Waals surface area contributed by atoms with Crippen molar-refractivity contribution in [2.45, 2.75) is 6.92 Å². The quantitative estimate of drug-likeness (QED) is 0.472. The number of aromatic carboxylic acids is 1. The van der Waals surface area contributed by atoms with Crippen molar-refractivity contribution in [3.63, 3.8) is 0 Å². The highest BCUT2D eigenvalue weighted by Crippen LogP contribution is 2.36. The molecular weight excluding hydrogens is 417 g/mol. The summed E-state index contributed by atoms with van der Waals surface area (Å²) in [7, 11) is 0. The number of amides is 1. The van der Waals surface area contributed by atoms with Crippen LogP contribution >= 0.6 is 22.9 Å². The number of rotatable bonds is 4. The van der Waals surface area contributed by atoms with Crippen molar-refractivity contribution < 1.29 is 19.1 Å². The second-order valence-corrected chi connectivity index (χ2v) is 7.66. The van der Waals surface area contributed by atoms with Crippen LogP contribution in [-0.4, -0.2) is 26.6 Å². The normalized spacial score (nSPS) is 11.0. The van der Waals surface area contributed by atoms with Gasteiger partial charge in [-0.2, -0.15) is 5.10 Å². The number of carboxylic acid groups (broad SMARTS) is 1. The van der Waals surface area contributed by atoms with Crippen LogP contribution in [0.3, 0.4) is 0 Å². The number of hydrogen-bond acceptors (Lipinski definition) is 4. The summed E-state index contributed by atoms with van der Waals surface area (Å²) in [6, 6.07) is 9.39. The summed E-state index contributed by atoms with van der Waals surface area (Å²) in [5.74, 6) is -2.30. The van der Waals surface area contributed by atoms with E-state index in [-0.39, 0.29) is 21.8 Å². The first kappa shape index (κ1) is 19.1. The molecule has 146 valence electrons. The third kappa shape index (κ3) is 3.59. The average molecular weight is 430 g/mol. The predicted molar refractivity (Wildman–Crippen MR) is 110 cm³/mol. The Labute approximate surface area is 173 Å². The molecule has 3 heterocycles. The van der Waals surface area contributed by atoms with Gasteiger partial charge in [-0.1, -0.05) is 23.7 Å². The van der Waals surface area contributed by atoms with Crippen LogP contribution in [0.5, 0.6) is 0 Å². The highest BCUT2D eigenvalue weighted by Gasteiger charge is 2.22. The minimum atomic E-state index is -1.18. The van der Waals surface area contributed by atoms with E-state index in [4.69, 9.17) is 11.6 Å². The fraction of sp³-hybridized carbons (Fsp3) is 0.0500. The van der Waals surface area contributed by atoms with Crippen LogP contribution in [0, 0.1) is 12.7 Å². The van der Waals surface area contributed by atoms with Crippen molar-refractivity contribution in [2.75, 3.05) is 5.32 Å². The van der Waals surface area contributed by atoms with Gasteiger partial charge in [0.15, 0.2) is 5.69 Å². The van der Waals surface area contributed by atoms with E-state index in [1.807, 2.05) is 0 Å². The lowest BCUT2D eigenvalue weighted by Gasteiger charge is -2.05. The standard InChI is InChI=1S/C20H13ClFN3O3S/c1-10-6-14(22)16-7-15(24-25(16)8-10)18(26)23-19-17(20(27)28)13(9-29-19)11-2-4-12(21)5-3-11/h2-9H,1H3,(H,23,26)(H,27,28). The van der Waals surface area contributed by atoms with Crippen molar-refractivity contribution >= 4 is 45.3 Å². The van der Waals surface area contributed by atoms with Crippen molar-refractivity contribution in [1.29, 1.82) is 0 Å². The van der Waals surface area contributed by atoms with Gasteiger partial charge in [0.2, 0.25) is 0 Å². The smallest absolute Gasteiger partial charge is 0.339 e. The van der Waals surface area contributed by atoms with Crippen molar-refractivity contribution in [3.8, 4) is 11.1 Å². The maximum Gasteiger partial charge on any atom is 0.339 e. The molecule has 0 spiro atoms. The molecule has 1 amide bonds. The van der Waals surface area contributed by atoms with Crippen LogP contribution in [-0.2, 0) is 0 Å². The number of carbonyl (C=O) groups is 2. The van der Waals surface area contributed by atoms with Gasteiger partial charge in [-0.05, 0) is 42.3 Å². The van der Waals surface area contributed by atoms with Crippen LogP contribution in [0.15, 0.2) is 48.0 Å². The van der Waals surface area contributed by atoms with Crippen molar-refractivity contribution in [1.82, 2.24) is 9.61 Å². The molecule has 0 aliphatic heterocycles. The first-order valence-corrected chi connectivity index (χ1v) is 9.67. The Balaban J connectivity index is 1.69. The summed E-state index contributed by atoms with van der Waals surface area (Å²) in [6.07, 6.45) is 1.60. The lowest BCUT2D eigenvalue weighted by Crippen LogP contribution is -2.14. The molecule has 0 aliphatic carbocycles. The SMILES string of the molecule is Cc1cc(F)c2cc(C(=O)Nc3scc(-c4ccc(Cl)cc4)c3C(=O)O)nn2c1. The second-order valence-electron chi connectivity index (χ2n) is 6.34. The second kappa shape index (κ2) is 7.31. The Bertz CT molecular complexity index is 1260. The molecule has 0 aliphatic rings. The highest BCUT2D eigenvalue weighted by molar-refractivity contribution is 7.15. The van der Waals surface area contributed by atoms with Crippen LogP contribution in [0.2, 0.25) is 5.02 Å². The summed E-state index contributed by atoms with van der Waals surface area (Å²) in [4.78, 5) is 24.5. The lowest BCUT2D eigenvalue weighted by atomic mass is 10.0. The molecule has 4 aromatic rings. The van der Waals surface area contributed by atoms with Crippen LogP contribution in [0.4, 0.5) is 9.39 Å². The number of aromatic nitrogens is 2. The van der Waals surface area contributed by atoms with E-state index in [1.165, 1.54) is 16.6 Å². The molecule has 0 saturated carbocycles. The van der Waals surface area contributed by atoms with Gasteiger partial charge >= 0.3 is 5.97 Å². The molecular formula is C20H13ClFN3O3S. The predicted octanol–water partition coefficient (Wildman–Crippen LogP) is 5.11. The zero-order valence-corrected chi connectivity index (χ0v) is 16.5. The molecule has 2 N–H and O–H groups in total. The number of fused-ring (bicyclic) bond motifs is 1. The minimum absolute atomic E-state index is 0.0210.